The number of methoxy groups -OCH3 is 1. The molecule has 0 saturated heterocycles. The van der Waals surface area contributed by atoms with Gasteiger partial charge in [0.25, 0.3) is 0 Å². The first kappa shape index (κ1) is 23.5. The zero-order valence-corrected chi connectivity index (χ0v) is 19.7. The summed E-state index contributed by atoms with van der Waals surface area (Å²) in [6.45, 7) is 2.56. The summed E-state index contributed by atoms with van der Waals surface area (Å²) >= 11 is 1.15. The number of halogens is 1. The molecule has 0 fully saturated rings. The standard InChI is InChI=1S/C24H23FN4O4S/c1-14(19-9-10-33-28-19)29(2)13-17-7-8-18-21(22(24(31)32-3)34-23(18)26-17)27-20(30)12-15-5-4-6-16(25)11-15/h4-11,14H,12-13H2,1-3H3,(H,27,30). The number of nitrogens with zero attached hydrogens (tertiary/aromatic N) is 3. The average Bonchev–Trinajstić information content (AvgIpc) is 3.46. The fraction of sp³-hybridized carbons (Fsp3) is 0.250. The lowest BCUT2D eigenvalue weighted by Crippen LogP contribution is -2.22. The van der Waals surface area contributed by atoms with Crippen molar-refractivity contribution in [3.05, 3.63) is 76.4 Å². The molecule has 0 aliphatic carbocycles. The van der Waals surface area contributed by atoms with Crippen molar-refractivity contribution in [1.29, 1.82) is 0 Å². The maximum absolute atomic E-state index is 13.5. The van der Waals surface area contributed by atoms with Crippen LogP contribution in [0.1, 0.15) is 39.6 Å². The van der Waals surface area contributed by atoms with Crippen LogP contribution in [0, 0.1) is 5.82 Å². The number of thiophene rings is 1. The first-order valence-electron chi connectivity index (χ1n) is 10.5. The van der Waals surface area contributed by atoms with E-state index in [-0.39, 0.29) is 23.2 Å². The summed E-state index contributed by atoms with van der Waals surface area (Å²) in [6.07, 6.45) is 1.50. The van der Waals surface area contributed by atoms with Crippen LogP contribution in [0.15, 0.2) is 53.3 Å². The van der Waals surface area contributed by atoms with Gasteiger partial charge in [0.15, 0.2) is 0 Å². The maximum Gasteiger partial charge on any atom is 0.350 e. The molecular weight excluding hydrogens is 459 g/mol. The van der Waals surface area contributed by atoms with Gasteiger partial charge in [0.2, 0.25) is 5.91 Å². The summed E-state index contributed by atoms with van der Waals surface area (Å²) in [5.41, 5.74) is 2.48. The SMILES string of the molecule is COC(=O)c1sc2nc(CN(C)C(C)c3ccon3)ccc2c1NC(=O)Cc1cccc(F)c1. The smallest absolute Gasteiger partial charge is 0.350 e. The molecule has 1 amide bonds. The van der Waals surface area contributed by atoms with Gasteiger partial charge < -0.3 is 14.6 Å². The molecule has 4 aromatic rings. The lowest BCUT2D eigenvalue weighted by Gasteiger charge is -2.22. The third-order valence-corrected chi connectivity index (χ3v) is 6.54. The van der Waals surface area contributed by atoms with Gasteiger partial charge in [-0.2, -0.15) is 0 Å². The number of amides is 1. The highest BCUT2D eigenvalue weighted by Crippen LogP contribution is 2.36. The summed E-state index contributed by atoms with van der Waals surface area (Å²) in [7, 11) is 3.24. The first-order valence-corrected chi connectivity index (χ1v) is 11.3. The summed E-state index contributed by atoms with van der Waals surface area (Å²) in [6, 6.07) is 11.3. The van der Waals surface area contributed by atoms with Crippen molar-refractivity contribution in [2.75, 3.05) is 19.5 Å². The number of carbonyl (C=O) groups is 2. The van der Waals surface area contributed by atoms with Crippen LogP contribution >= 0.6 is 11.3 Å². The van der Waals surface area contributed by atoms with Gasteiger partial charge in [0.1, 0.15) is 27.5 Å². The number of esters is 1. The number of ether oxygens (including phenoxy) is 1. The van der Waals surface area contributed by atoms with Crippen molar-refractivity contribution in [2.24, 2.45) is 0 Å². The van der Waals surface area contributed by atoms with Gasteiger partial charge in [0, 0.05) is 18.0 Å². The van der Waals surface area contributed by atoms with Crippen LogP contribution in [0.5, 0.6) is 0 Å². The Hall–Kier alpha value is -3.63. The Labute approximate surface area is 199 Å². The predicted octanol–water partition coefficient (Wildman–Crippen LogP) is 4.58. The van der Waals surface area contributed by atoms with Gasteiger partial charge in [-0.15, -0.1) is 11.3 Å². The molecule has 0 aliphatic rings. The maximum atomic E-state index is 13.5. The number of aromatic nitrogens is 2. The zero-order chi connectivity index (χ0) is 24.2. The molecule has 1 aromatic carbocycles. The Morgan fingerprint density at radius 2 is 2.09 bits per heavy atom. The number of pyridine rings is 1. The fourth-order valence-corrected chi connectivity index (χ4v) is 4.60. The van der Waals surface area contributed by atoms with E-state index in [1.807, 2.05) is 32.2 Å². The van der Waals surface area contributed by atoms with E-state index in [1.165, 1.54) is 25.5 Å². The molecule has 0 bridgehead atoms. The molecule has 0 aliphatic heterocycles. The molecule has 1 atom stereocenters. The van der Waals surface area contributed by atoms with Crippen molar-refractivity contribution in [2.45, 2.75) is 25.9 Å². The Morgan fingerprint density at radius 1 is 1.26 bits per heavy atom. The van der Waals surface area contributed by atoms with Gasteiger partial charge >= 0.3 is 5.97 Å². The van der Waals surface area contributed by atoms with Crippen LogP contribution in [0.3, 0.4) is 0 Å². The minimum absolute atomic E-state index is 0.0166. The molecule has 176 valence electrons. The Morgan fingerprint density at radius 3 is 2.79 bits per heavy atom. The molecule has 8 nitrogen and oxygen atoms in total. The number of benzene rings is 1. The molecule has 0 spiro atoms. The Bertz CT molecular complexity index is 1320. The van der Waals surface area contributed by atoms with E-state index >= 15 is 0 Å². The second kappa shape index (κ2) is 10.1. The average molecular weight is 483 g/mol. The normalized spacial score (nSPS) is 12.1. The summed E-state index contributed by atoms with van der Waals surface area (Å²) in [4.78, 5) is 32.7. The number of rotatable bonds is 8. The third kappa shape index (κ3) is 5.13. The van der Waals surface area contributed by atoms with E-state index in [4.69, 9.17) is 14.2 Å². The van der Waals surface area contributed by atoms with Crippen LogP contribution in [0.25, 0.3) is 10.2 Å². The minimum Gasteiger partial charge on any atom is -0.465 e. The summed E-state index contributed by atoms with van der Waals surface area (Å²) in [5.74, 6) is -1.36. The zero-order valence-electron chi connectivity index (χ0n) is 18.9. The molecule has 10 heteroatoms. The Kier molecular flexibility index (Phi) is 6.99. The van der Waals surface area contributed by atoms with Gasteiger partial charge in [0.05, 0.1) is 31.0 Å². The van der Waals surface area contributed by atoms with Crippen LogP contribution in [0.2, 0.25) is 0 Å². The van der Waals surface area contributed by atoms with Crippen LogP contribution in [-0.2, 0) is 22.5 Å². The number of carbonyl (C=O) groups excluding carboxylic acids is 2. The molecule has 0 saturated carbocycles. The third-order valence-electron chi connectivity index (χ3n) is 5.46. The largest absolute Gasteiger partial charge is 0.465 e. The lowest BCUT2D eigenvalue weighted by atomic mass is 10.1. The minimum atomic E-state index is -0.567. The molecule has 34 heavy (non-hydrogen) atoms. The van der Waals surface area contributed by atoms with Crippen LogP contribution in [0.4, 0.5) is 10.1 Å². The molecule has 1 unspecified atom stereocenters. The van der Waals surface area contributed by atoms with E-state index in [9.17, 15) is 14.0 Å². The molecule has 4 rings (SSSR count). The molecule has 0 radical (unpaired) electrons. The van der Waals surface area contributed by atoms with Crippen LogP contribution < -0.4 is 5.32 Å². The molecule has 3 heterocycles. The fourth-order valence-electron chi connectivity index (χ4n) is 3.54. The number of anilines is 1. The van der Waals surface area contributed by atoms with Gasteiger partial charge in [-0.05, 0) is 43.8 Å². The molecule has 3 aromatic heterocycles. The second-order valence-electron chi connectivity index (χ2n) is 7.82. The van der Waals surface area contributed by atoms with E-state index in [2.05, 4.69) is 15.4 Å². The number of hydrogen-bond donors (Lipinski definition) is 1. The van der Waals surface area contributed by atoms with E-state index in [0.717, 1.165) is 22.7 Å². The van der Waals surface area contributed by atoms with Gasteiger partial charge in [-0.3, -0.25) is 9.69 Å². The number of hydrogen-bond acceptors (Lipinski definition) is 8. The van der Waals surface area contributed by atoms with Crippen molar-refractivity contribution < 1.29 is 23.2 Å². The highest BCUT2D eigenvalue weighted by molar-refractivity contribution is 7.21. The first-order chi connectivity index (χ1) is 16.4. The number of fused-ring (bicyclic) bond motifs is 1. The molecule has 1 N–H and O–H groups in total. The Balaban J connectivity index is 1.58. The van der Waals surface area contributed by atoms with Crippen molar-refractivity contribution in [1.82, 2.24) is 15.0 Å². The van der Waals surface area contributed by atoms with Crippen molar-refractivity contribution >= 4 is 39.1 Å². The lowest BCUT2D eigenvalue weighted by molar-refractivity contribution is -0.115. The summed E-state index contributed by atoms with van der Waals surface area (Å²) in [5, 5.41) is 7.41. The highest BCUT2D eigenvalue weighted by Gasteiger charge is 2.23. The van der Waals surface area contributed by atoms with Crippen molar-refractivity contribution in [3.63, 3.8) is 0 Å². The molecular formula is C24H23FN4O4S. The second-order valence-corrected chi connectivity index (χ2v) is 8.82. The predicted molar refractivity (Wildman–Crippen MR) is 126 cm³/mol. The van der Waals surface area contributed by atoms with E-state index < -0.39 is 11.8 Å². The monoisotopic (exact) mass is 482 g/mol. The van der Waals surface area contributed by atoms with Gasteiger partial charge in [-0.1, -0.05) is 17.3 Å². The van der Waals surface area contributed by atoms with Gasteiger partial charge in [-0.25, -0.2) is 14.2 Å². The van der Waals surface area contributed by atoms with Crippen LogP contribution in [-0.4, -0.2) is 41.1 Å². The van der Waals surface area contributed by atoms with E-state index in [1.54, 1.807) is 12.1 Å². The number of nitrogens with one attached hydrogen (secondary N) is 1. The topological polar surface area (TPSA) is 97.6 Å². The quantitative estimate of drug-likeness (QED) is 0.367. The van der Waals surface area contributed by atoms with E-state index in [0.29, 0.717) is 28.0 Å². The van der Waals surface area contributed by atoms with Crippen molar-refractivity contribution in [3.8, 4) is 0 Å². The summed E-state index contributed by atoms with van der Waals surface area (Å²) < 4.78 is 23.3. The highest BCUT2D eigenvalue weighted by atomic mass is 32.1.